The van der Waals surface area contributed by atoms with Gasteiger partial charge in [0.15, 0.2) is 0 Å². The molecule has 0 aliphatic carbocycles. The lowest BCUT2D eigenvalue weighted by Gasteiger charge is -2.27. The second-order valence-electron chi connectivity index (χ2n) is 5.41. The number of piperidine rings is 1. The monoisotopic (exact) mass is 266 g/mol. The maximum atomic E-state index is 6.24. The van der Waals surface area contributed by atoms with Crippen molar-refractivity contribution in [1.29, 1.82) is 0 Å². The fraction of sp³-hybridized carbons (Fsp3) is 0.600. The Bertz CT molecular complexity index is 386. The Labute approximate surface area is 115 Å². The van der Waals surface area contributed by atoms with Crippen LogP contribution >= 0.6 is 11.6 Å². The van der Waals surface area contributed by atoms with Gasteiger partial charge >= 0.3 is 0 Å². The first-order valence-corrected chi connectivity index (χ1v) is 7.29. The summed E-state index contributed by atoms with van der Waals surface area (Å²) in [7, 11) is 0. The van der Waals surface area contributed by atoms with Gasteiger partial charge in [0.05, 0.1) is 10.7 Å². The van der Waals surface area contributed by atoms with Crippen LogP contribution in [0.3, 0.4) is 0 Å². The number of nitrogens with one attached hydrogen (secondary N) is 2. The molecule has 1 aromatic rings. The van der Waals surface area contributed by atoms with Gasteiger partial charge in [-0.15, -0.1) is 0 Å². The van der Waals surface area contributed by atoms with Crippen molar-refractivity contribution in [1.82, 2.24) is 5.32 Å². The Kier molecular flexibility index (Phi) is 4.90. The van der Waals surface area contributed by atoms with E-state index in [0.29, 0.717) is 12.1 Å². The Morgan fingerprint density at radius 2 is 2.28 bits per heavy atom. The van der Waals surface area contributed by atoms with Crippen molar-refractivity contribution in [2.75, 3.05) is 11.9 Å². The van der Waals surface area contributed by atoms with E-state index in [1.165, 1.54) is 31.4 Å². The van der Waals surface area contributed by atoms with Gasteiger partial charge in [0, 0.05) is 12.1 Å². The van der Waals surface area contributed by atoms with E-state index in [1.807, 2.05) is 6.07 Å². The standard InChI is InChI=1S/C15H23ClN2/c1-11-6-7-15(14(16)9-11)18-12(2)10-13-5-3-4-8-17-13/h6-7,9,12-13,17-18H,3-5,8,10H2,1-2H3. The molecule has 1 heterocycles. The van der Waals surface area contributed by atoms with Gasteiger partial charge in [0.25, 0.3) is 0 Å². The first-order chi connectivity index (χ1) is 8.65. The molecule has 1 aliphatic rings. The maximum Gasteiger partial charge on any atom is 0.0640 e. The van der Waals surface area contributed by atoms with Gasteiger partial charge in [0.1, 0.15) is 0 Å². The summed E-state index contributed by atoms with van der Waals surface area (Å²) in [5, 5.41) is 7.92. The third kappa shape index (κ3) is 3.89. The lowest BCUT2D eigenvalue weighted by molar-refractivity contribution is 0.371. The van der Waals surface area contributed by atoms with E-state index in [2.05, 4.69) is 36.6 Å². The van der Waals surface area contributed by atoms with Crippen LogP contribution in [0.15, 0.2) is 18.2 Å². The molecular formula is C15H23ClN2. The highest BCUT2D eigenvalue weighted by atomic mass is 35.5. The third-order valence-electron chi connectivity index (χ3n) is 3.58. The van der Waals surface area contributed by atoms with Crippen LogP contribution in [0, 0.1) is 6.92 Å². The molecular weight excluding hydrogens is 244 g/mol. The minimum absolute atomic E-state index is 0.445. The van der Waals surface area contributed by atoms with Crippen molar-refractivity contribution in [3.05, 3.63) is 28.8 Å². The molecule has 0 radical (unpaired) electrons. The molecule has 2 atom stereocenters. The van der Waals surface area contributed by atoms with Crippen LogP contribution in [0.4, 0.5) is 5.69 Å². The Hall–Kier alpha value is -0.730. The minimum Gasteiger partial charge on any atom is -0.381 e. The average Bonchev–Trinajstić information content (AvgIpc) is 2.34. The molecule has 0 bridgehead atoms. The molecule has 100 valence electrons. The average molecular weight is 267 g/mol. The molecule has 1 aromatic carbocycles. The van der Waals surface area contributed by atoms with Crippen molar-refractivity contribution in [3.63, 3.8) is 0 Å². The van der Waals surface area contributed by atoms with Gasteiger partial charge in [-0.1, -0.05) is 24.1 Å². The fourth-order valence-electron chi connectivity index (χ4n) is 2.61. The second-order valence-corrected chi connectivity index (χ2v) is 5.82. The van der Waals surface area contributed by atoms with Gasteiger partial charge < -0.3 is 10.6 Å². The van der Waals surface area contributed by atoms with Crippen LogP contribution in [-0.2, 0) is 0 Å². The van der Waals surface area contributed by atoms with Crippen LogP contribution in [-0.4, -0.2) is 18.6 Å². The summed E-state index contributed by atoms with van der Waals surface area (Å²) in [4.78, 5) is 0. The maximum absolute atomic E-state index is 6.24. The second kappa shape index (κ2) is 6.44. The zero-order chi connectivity index (χ0) is 13.0. The molecule has 0 saturated carbocycles. The molecule has 3 heteroatoms. The first-order valence-electron chi connectivity index (χ1n) is 6.91. The largest absolute Gasteiger partial charge is 0.381 e. The summed E-state index contributed by atoms with van der Waals surface area (Å²) < 4.78 is 0. The first kappa shape index (κ1) is 13.7. The fourth-order valence-corrected chi connectivity index (χ4v) is 2.90. The lowest BCUT2D eigenvalue weighted by Crippen LogP contribution is -2.37. The normalized spacial score (nSPS) is 21.6. The van der Waals surface area contributed by atoms with E-state index in [9.17, 15) is 0 Å². The van der Waals surface area contributed by atoms with Crippen LogP contribution in [0.25, 0.3) is 0 Å². The smallest absolute Gasteiger partial charge is 0.0640 e. The van der Waals surface area contributed by atoms with Crippen LogP contribution in [0.5, 0.6) is 0 Å². The molecule has 0 spiro atoms. The SMILES string of the molecule is Cc1ccc(NC(C)CC2CCCCN2)c(Cl)c1. The molecule has 1 fully saturated rings. The predicted molar refractivity (Wildman–Crippen MR) is 79.5 cm³/mol. The number of benzene rings is 1. The molecule has 2 rings (SSSR count). The Morgan fingerprint density at radius 1 is 1.44 bits per heavy atom. The van der Waals surface area contributed by atoms with Gasteiger partial charge in [-0.25, -0.2) is 0 Å². The van der Waals surface area contributed by atoms with Gasteiger partial charge in [-0.2, -0.15) is 0 Å². The number of rotatable bonds is 4. The van der Waals surface area contributed by atoms with Crippen molar-refractivity contribution in [3.8, 4) is 0 Å². The summed E-state index contributed by atoms with van der Waals surface area (Å²) in [6.07, 6.45) is 5.13. The number of anilines is 1. The zero-order valence-electron chi connectivity index (χ0n) is 11.3. The van der Waals surface area contributed by atoms with Crippen molar-refractivity contribution in [2.24, 2.45) is 0 Å². The van der Waals surface area contributed by atoms with Crippen molar-refractivity contribution >= 4 is 17.3 Å². The molecule has 1 aliphatic heterocycles. The van der Waals surface area contributed by atoms with E-state index in [4.69, 9.17) is 11.6 Å². The summed E-state index contributed by atoms with van der Waals surface area (Å²) in [5.41, 5.74) is 2.25. The van der Waals surface area contributed by atoms with Gasteiger partial charge in [-0.05, 0) is 57.4 Å². The van der Waals surface area contributed by atoms with E-state index >= 15 is 0 Å². The summed E-state index contributed by atoms with van der Waals surface area (Å²) in [5.74, 6) is 0. The third-order valence-corrected chi connectivity index (χ3v) is 3.89. The summed E-state index contributed by atoms with van der Waals surface area (Å²) in [6, 6.07) is 7.28. The molecule has 2 nitrogen and oxygen atoms in total. The van der Waals surface area contributed by atoms with E-state index in [-0.39, 0.29) is 0 Å². The van der Waals surface area contributed by atoms with Crippen LogP contribution in [0.2, 0.25) is 5.02 Å². The highest BCUT2D eigenvalue weighted by Gasteiger charge is 2.16. The molecule has 18 heavy (non-hydrogen) atoms. The Balaban J connectivity index is 1.87. The van der Waals surface area contributed by atoms with E-state index in [0.717, 1.165) is 17.1 Å². The van der Waals surface area contributed by atoms with E-state index < -0.39 is 0 Å². The molecule has 2 unspecified atom stereocenters. The van der Waals surface area contributed by atoms with Gasteiger partial charge in [0.2, 0.25) is 0 Å². The molecule has 2 N–H and O–H groups in total. The summed E-state index contributed by atoms with van der Waals surface area (Å²) >= 11 is 6.24. The molecule has 1 saturated heterocycles. The van der Waals surface area contributed by atoms with Crippen molar-refractivity contribution in [2.45, 2.75) is 51.6 Å². The summed E-state index contributed by atoms with van der Waals surface area (Å²) in [6.45, 7) is 5.46. The highest BCUT2D eigenvalue weighted by Crippen LogP contribution is 2.24. The van der Waals surface area contributed by atoms with Crippen LogP contribution in [0.1, 0.15) is 38.2 Å². The molecule has 0 aromatic heterocycles. The lowest BCUT2D eigenvalue weighted by atomic mass is 9.98. The van der Waals surface area contributed by atoms with Crippen molar-refractivity contribution < 1.29 is 0 Å². The molecule has 0 amide bonds. The number of aryl methyl sites for hydroxylation is 1. The van der Waals surface area contributed by atoms with Gasteiger partial charge in [-0.3, -0.25) is 0 Å². The zero-order valence-corrected chi connectivity index (χ0v) is 12.1. The number of hydrogen-bond acceptors (Lipinski definition) is 2. The number of halogens is 1. The highest BCUT2D eigenvalue weighted by molar-refractivity contribution is 6.33. The van der Waals surface area contributed by atoms with Crippen LogP contribution < -0.4 is 10.6 Å². The minimum atomic E-state index is 0.445. The van der Waals surface area contributed by atoms with E-state index in [1.54, 1.807) is 0 Å². The quantitative estimate of drug-likeness (QED) is 0.861. The topological polar surface area (TPSA) is 24.1 Å². The number of hydrogen-bond donors (Lipinski definition) is 2. The predicted octanol–water partition coefficient (Wildman–Crippen LogP) is 3.98. The Morgan fingerprint density at radius 3 is 2.94 bits per heavy atom.